The van der Waals surface area contributed by atoms with Gasteiger partial charge >= 0.3 is 0 Å². The average molecular weight is 429 g/mol. The first kappa shape index (κ1) is 22.5. The van der Waals surface area contributed by atoms with Crippen molar-refractivity contribution >= 4 is 11.6 Å². The molecule has 9 nitrogen and oxygen atoms in total. The molecule has 9 heteroatoms. The SMILES string of the molecule is CNC(=O)/C(=N\OC)c1ccccc1COc1cccc(OCC2COC(C)(C)O2)n1. The van der Waals surface area contributed by atoms with Crippen LogP contribution in [0.25, 0.3) is 0 Å². The lowest BCUT2D eigenvalue weighted by molar-refractivity contribution is -0.141. The summed E-state index contributed by atoms with van der Waals surface area (Å²) in [6, 6.07) is 12.6. The van der Waals surface area contributed by atoms with Gasteiger partial charge < -0.3 is 29.1 Å². The zero-order chi connectivity index (χ0) is 22.3. The molecule has 1 saturated heterocycles. The van der Waals surface area contributed by atoms with Gasteiger partial charge in [-0.2, -0.15) is 4.98 Å². The number of benzene rings is 1. The molecule has 3 rings (SSSR count). The number of aromatic nitrogens is 1. The molecule has 1 aliphatic heterocycles. The number of amides is 1. The topological polar surface area (TPSA) is 101 Å². The van der Waals surface area contributed by atoms with Gasteiger partial charge in [-0.1, -0.05) is 35.5 Å². The highest BCUT2D eigenvalue weighted by molar-refractivity contribution is 6.45. The summed E-state index contributed by atoms with van der Waals surface area (Å²) in [7, 11) is 2.92. The number of nitrogens with zero attached hydrogens (tertiary/aromatic N) is 2. The molecule has 1 atom stereocenters. The minimum Gasteiger partial charge on any atom is -0.475 e. The van der Waals surface area contributed by atoms with E-state index in [0.29, 0.717) is 30.5 Å². The largest absolute Gasteiger partial charge is 0.475 e. The second-order valence-electron chi connectivity index (χ2n) is 7.22. The van der Waals surface area contributed by atoms with Gasteiger partial charge in [0.1, 0.15) is 26.4 Å². The fourth-order valence-electron chi connectivity index (χ4n) is 3.03. The third kappa shape index (κ3) is 6.16. The van der Waals surface area contributed by atoms with E-state index < -0.39 is 5.79 Å². The number of carbonyl (C=O) groups excluding carboxylic acids is 1. The van der Waals surface area contributed by atoms with E-state index in [2.05, 4.69) is 15.5 Å². The summed E-state index contributed by atoms with van der Waals surface area (Å²) < 4.78 is 22.8. The minimum absolute atomic E-state index is 0.156. The average Bonchev–Trinajstić information content (AvgIpc) is 3.13. The van der Waals surface area contributed by atoms with E-state index >= 15 is 0 Å². The van der Waals surface area contributed by atoms with Crippen LogP contribution < -0.4 is 14.8 Å². The number of pyridine rings is 1. The van der Waals surface area contributed by atoms with Crippen LogP contribution >= 0.6 is 0 Å². The molecular weight excluding hydrogens is 402 g/mol. The third-order valence-electron chi connectivity index (χ3n) is 4.46. The number of ether oxygens (including phenoxy) is 4. The van der Waals surface area contributed by atoms with Crippen LogP contribution in [0.1, 0.15) is 25.0 Å². The number of nitrogens with one attached hydrogen (secondary N) is 1. The maximum atomic E-state index is 12.2. The molecule has 1 N–H and O–H groups in total. The Labute approximate surface area is 181 Å². The summed E-state index contributed by atoms with van der Waals surface area (Å²) in [6.07, 6.45) is -0.156. The van der Waals surface area contributed by atoms with E-state index in [1.54, 1.807) is 24.3 Å². The fourth-order valence-corrected chi connectivity index (χ4v) is 3.03. The van der Waals surface area contributed by atoms with E-state index in [1.165, 1.54) is 14.2 Å². The van der Waals surface area contributed by atoms with Crippen molar-refractivity contribution < 1.29 is 28.6 Å². The molecule has 31 heavy (non-hydrogen) atoms. The van der Waals surface area contributed by atoms with Gasteiger partial charge in [-0.15, -0.1) is 0 Å². The molecule has 1 aromatic heterocycles. The smallest absolute Gasteiger partial charge is 0.273 e. The molecule has 0 aliphatic carbocycles. The first-order valence-electron chi connectivity index (χ1n) is 9.88. The molecule has 1 unspecified atom stereocenters. The van der Waals surface area contributed by atoms with Gasteiger partial charge in [0, 0.05) is 24.7 Å². The Balaban J connectivity index is 1.65. The molecule has 0 radical (unpaired) electrons. The van der Waals surface area contributed by atoms with Crippen molar-refractivity contribution in [2.24, 2.45) is 5.16 Å². The number of hydrogen-bond acceptors (Lipinski definition) is 8. The minimum atomic E-state index is -0.598. The van der Waals surface area contributed by atoms with Crippen molar-refractivity contribution in [2.45, 2.75) is 32.3 Å². The van der Waals surface area contributed by atoms with Crippen LogP contribution in [0, 0.1) is 0 Å². The lowest BCUT2D eigenvalue weighted by Crippen LogP contribution is -2.29. The summed E-state index contributed by atoms with van der Waals surface area (Å²) in [4.78, 5) is 21.4. The van der Waals surface area contributed by atoms with Crippen molar-refractivity contribution in [3.8, 4) is 11.8 Å². The summed E-state index contributed by atoms with van der Waals surface area (Å²) in [5.74, 6) is -0.143. The van der Waals surface area contributed by atoms with E-state index in [-0.39, 0.29) is 24.3 Å². The standard InChI is InChI=1S/C22H27N3O6/c1-22(2)30-14-16(31-22)13-29-19-11-7-10-18(24-19)28-12-15-8-5-6-9-17(15)20(25-27-4)21(26)23-3/h5-11,16H,12-14H2,1-4H3,(H,23,26)/b25-20-. The molecule has 2 heterocycles. The Bertz CT molecular complexity index is 931. The van der Waals surface area contributed by atoms with Crippen molar-refractivity contribution in [3.05, 3.63) is 53.6 Å². The van der Waals surface area contributed by atoms with Gasteiger partial charge in [-0.25, -0.2) is 0 Å². The number of carbonyl (C=O) groups is 1. The Morgan fingerprint density at radius 3 is 2.61 bits per heavy atom. The van der Waals surface area contributed by atoms with Gasteiger partial charge in [0.2, 0.25) is 11.8 Å². The highest BCUT2D eigenvalue weighted by Crippen LogP contribution is 2.23. The van der Waals surface area contributed by atoms with Gasteiger partial charge in [-0.3, -0.25) is 4.79 Å². The molecule has 0 bridgehead atoms. The van der Waals surface area contributed by atoms with Crippen LogP contribution in [0.2, 0.25) is 0 Å². The van der Waals surface area contributed by atoms with Gasteiger partial charge in [0.15, 0.2) is 11.5 Å². The van der Waals surface area contributed by atoms with Crippen molar-refractivity contribution in [1.29, 1.82) is 0 Å². The summed E-state index contributed by atoms with van der Waals surface area (Å²) in [6.45, 7) is 4.71. The van der Waals surface area contributed by atoms with Crippen molar-refractivity contribution in [2.75, 3.05) is 27.4 Å². The van der Waals surface area contributed by atoms with E-state index in [1.807, 2.05) is 32.0 Å². The maximum absolute atomic E-state index is 12.2. The summed E-state index contributed by atoms with van der Waals surface area (Å²) in [5.41, 5.74) is 1.53. The molecule has 2 aromatic rings. The summed E-state index contributed by atoms with van der Waals surface area (Å²) >= 11 is 0. The molecule has 0 spiro atoms. The van der Waals surface area contributed by atoms with Gasteiger partial charge in [0.05, 0.1) is 6.61 Å². The third-order valence-corrected chi connectivity index (χ3v) is 4.46. The van der Waals surface area contributed by atoms with E-state index in [9.17, 15) is 4.79 Å². The quantitative estimate of drug-likeness (QED) is 0.482. The predicted octanol–water partition coefficient (Wildman–Crippen LogP) is 2.29. The molecular formula is C22H27N3O6. The van der Waals surface area contributed by atoms with E-state index in [4.69, 9.17) is 23.8 Å². The van der Waals surface area contributed by atoms with Crippen LogP contribution in [-0.4, -0.2) is 55.9 Å². The highest BCUT2D eigenvalue weighted by Gasteiger charge is 2.33. The molecule has 1 fully saturated rings. The van der Waals surface area contributed by atoms with Crippen molar-refractivity contribution in [1.82, 2.24) is 10.3 Å². The Kier molecular flexibility index (Phi) is 7.43. The Hall–Kier alpha value is -3.17. The molecule has 1 aliphatic rings. The fraction of sp³-hybridized carbons (Fsp3) is 0.409. The lowest BCUT2D eigenvalue weighted by atomic mass is 10.0. The predicted molar refractivity (Wildman–Crippen MR) is 113 cm³/mol. The van der Waals surface area contributed by atoms with Crippen molar-refractivity contribution in [3.63, 3.8) is 0 Å². The molecule has 166 valence electrons. The molecule has 1 amide bonds. The first-order chi connectivity index (χ1) is 14.9. The van der Waals surface area contributed by atoms with Gasteiger partial charge in [0.25, 0.3) is 5.91 Å². The van der Waals surface area contributed by atoms with Gasteiger partial charge in [-0.05, 0) is 19.4 Å². The molecule has 0 saturated carbocycles. The highest BCUT2D eigenvalue weighted by atomic mass is 16.7. The Morgan fingerprint density at radius 2 is 1.94 bits per heavy atom. The molecule has 1 aromatic carbocycles. The summed E-state index contributed by atoms with van der Waals surface area (Å²) in [5, 5.41) is 6.42. The van der Waals surface area contributed by atoms with Crippen LogP contribution in [0.4, 0.5) is 0 Å². The first-order valence-corrected chi connectivity index (χ1v) is 9.88. The van der Waals surface area contributed by atoms with Crippen LogP contribution in [0.15, 0.2) is 47.6 Å². The monoisotopic (exact) mass is 429 g/mol. The zero-order valence-electron chi connectivity index (χ0n) is 18.1. The normalized spacial score (nSPS) is 17.8. The maximum Gasteiger partial charge on any atom is 0.273 e. The Morgan fingerprint density at radius 1 is 1.19 bits per heavy atom. The zero-order valence-corrected chi connectivity index (χ0v) is 18.1. The second kappa shape index (κ2) is 10.2. The number of rotatable bonds is 9. The van der Waals surface area contributed by atoms with Crippen LogP contribution in [0.5, 0.6) is 11.8 Å². The number of hydrogen-bond donors (Lipinski definition) is 1. The lowest BCUT2D eigenvalue weighted by Gasteiger charge is -2.17. The number of likely N-dealkylation sites (N-methyl/N-ethyl adjacent to an activating group) is 1. The number of oxime groups is 1. The van der Waals surface area contributed by atoms with Crippen LogP contribution in [0.3, 0.4) is 0 Å². The second-order valence-corrected chi connectivity index (χ2v) is 7.22. The van der Waals surface area contributed by atoms with Crippen LogP contribution in [-0.2, 0) is 25.7 Å². The van der Waals surface area contributed by atoms with E-state index in [0.717, 1.165) is 5.56 Å².